The summed E-state index contributed by atoms with van der Waals surface area (Å²) in [5, 5.41) is 21.4. The van der Waals surface area contributed by atoms with Crippen LogP contribution in [0.5, 0.6) is 0 Å². The second kappa shape index (κ2) is 8.11. The summed E-state index contributed by atoms with van der Waals surface area (Å²) < 4.78 is 1.90. The predicted octanol–water partition coefficient (Wildman–Crippen LogP) is 2.22. The smallest absolute Gasteiger partial charge is 0.258 e. The van der Waals surface area contributed by atoms with Crippen molar-refractivity contribution in [3.8, 4) is 0 Å². The van der Waals surface area contributed by atoms with Gasteiger partial charge in [-0.1, -0.05) is 29.8 Å². The number of anilines is 1. The van der Waals surface area contributed by atoms with Gasteiger partial charge in [-0.3, -0.25) is 9.78 Å². The molecule has 0 aliphatic carbocycles. The zero-order valence-electron chi connectivity index (χ0n) is 15.3. The van der Waals surface area contributed by atoms with Crippen LogP contribution in [0.2, 0.25) is 0 Å². The van der Waals surface area contributed by atoms with Crippen LogP contribution in [-0.4, -0.2) is 37.3 Å². The van der Waals surface area contributed by atoms with Crippen molar-refractivity contribution in [3.05, 3.63) is 77.0 Å². The Morgan fingerprint density at radius 3 is 2.78 bits per heavy atom. The van der Waals surface area contributed by atoms with Crippen molar-refractivity contribution in [2.24, 2.45) is 0 Å². The average molecular weight is 366 g/mol. The summed E-state index contributed by atoms with van der Waals surface area (Å²) >= 11 is 0. The minimum absolute atomic E-state index is 0.328. The van der Waals surface area contributed by atoms with E-state index in [-0.39, 0.29) is 5.91 Å². The van der Waals surface area contributed by atoms with Gasteiger partial charge < -0.3 is 20.1 Å². The first-order chi connectivity index (χ1) is 13.0. The first-order valence-electron chi connectivity index (χ1n) is 8.61. The van der Waals surface area contributed by atoms with E-state index >= 15 is 0 Å². The normalized spacial score (nSPS) is 12.0. The van der Waals surface area contributed by atoms with Gasteiger partial charge in [-0.25, -0.2) is 4.98 Å². The van der Waals surface area contributed by atoms with Crippen molar-refractivity contribution < 1.29 is 15.0 Å². The molecule has 0 radical (unpaired) electrons. The van der Waals surface area contributed by atoms with Gasteiger partial charge in [-0.2, -0.15) is 0 Å². The van der Waals surface area contributed by atoms with Crippen molar-refractivity contribution in [1.82, 2.24) is 14.5 Å². The summed E-state index contributed by atoms with van der Waals surface area (Å²) in [6.45, 7) is 3.97. The quantitative estimate of drug-likeness (QED) is 0.621. The molecule has 1 aromatic carbocycles. The van der Waals surface area contributed by atoms with Crippen LogP contribution < -0.4 is 5.32 Å². The summed E-state index contributed by atoms with van der Waals surface area (Å²) in [7, 11) is 0. The van der Waals surface area contributed by atoms with Gasteiger partial charge in [-0.05, 0) is 31.5 Å². The van der Waals surface area contributed by atoms with Gasteiger partial charge in [0.25, 0.3) is 5.91 Å². The molecule has 0 saturated heterocycles. The van der Waals surface area contributed by atoms with Gasteiger partial charge in [0.2, 0.25) is 0 Å². The molecular formula is C20H22N4O3. The van der Waals surface area contributed by atoms with E-state index in [1.165, 1.54) is 11.6 Å². The van der Waals surface area contributed by atoms with Gasteiger partial charge in [-0.15, -0.1) is 0 Å². The lowest BCUT2D eigenvalue weighted by Crippen LogP contribution is -2.16. The topological polar surface area (TPSA) is 100 Å². The molecule has 0 saturated carbocycles. The Balaban J connectivity index is 1.69. The molecule has 1 unspecified atom stereocenters. The summed E-state index contributed by atoms with van der Waals surface area (Å²) in [5.41, 5.74) is 3.53. The summed E-state index contributed by atoms with van der Waals surface area (Å²) in [4.78, 5) is 20.9. The van der Waals surface area contributed by atoms with Crippen LogP contribution in [-0.2, 0) is 6.54 Å². The van der Waals surface area contributed by atoms with Crippen LogP contribution in [0.3, 0.4) is 0 Å². The monoisotopic (exact) mass is 366 g/mol. The number of imidazole rings is 1. The Kier molecular flexibility index (Phi) is 5.63. The highest BCUT2D eigenvalue weighted by Crippen LogP contribution is 2.15. The molecule has 2 aromatic heterocycles. The number of carbonyl (C=O) groups is 1. The van der Waals surface area contributed by atoms with E-state index < -0.39 is 12.7 Å². The summed E-state index contributed by atoms with van der Waals surface area (Å²) in [6, 6.07) is 11.3. The van der Waals surface area contributed by atoms with E-state index in [2.05, 4.69) is 21.4 Å². The van der Waals surface area contributed by atoms with Crippen LogP contribution in [0.1, 0.15) is 39.0 Å². The lowest BCUT2D eigenvalue weighted by Gasteiger charge is -2.10. The maximum Gasteiger partial charge on any atom is 0.258 e. The Bertz CT molecular complexity index is 952. The number of nitrogens with zero attached hydrogens (tertiary/aromatic N) is 3. The Morgan fingerprint density at radius 2 is 2.07 bits per heavy atom. The number of benzene rings is 1. The van der Waals surface area contributed by atoms with Crippen LogP contribution >= 0.6 is 0 Å². The second-order valence-electron chi connectivity index (χ2n) is 6.44. The number of carbonyl (C=O) groups excluding carboxylic acids is 1. The number of hydrogen-bond acceptors (Lipinski definition) is 5. The molecule has 7 heteroatoms. The minimum atomic E-state index is -1.06. The Labute approximate surface area is 157 Å². The van der Waals surface area contributed by atoms with E-state index in [1.807, 2.05) is 29.7 Å². The van der Waals surface area contributed by atoms with Gasteiger partial charge >= 0.3 is 0 Å². The standard InChI is InChI=1S/C20H22N4O3/c1-13-4-3-5-15(8-13)9-24-10-19(21-12-24)23-20(27)16-6-7-17(18(26)11-25)22-14(16)2/h3-8,10,12,18,25-26H,9,11H2,1-2H3,(H,23,27). The molecule has 1 amide bonds. The van der Waals surface area contributed by atoms with Crippen molar-refractivity contribution in [3.63, 3.8) is 0 Å². The van der Waals surface area contributed by atoms with Crippen molar-refractivity contribution >= 4 is 11.7 Å². The molecule has 0 bridgehead atoms. The molecule has 2 heterocycles. The third kappa shape index (κ3) is 4.58. The van der Waals surface area contributed by atoms with E-state index in [0.29, 0.717) is 29.3 Å². The Hall–Kier alpha value is -3.03. The largest absolute Gasteiger partial charge is 0.393 e. The van der Waals surface area contributed by atoms with Crippen LogP contribution in [0.25, 0.3) is 0 Å². The van der Waals surface area contributed by atoms with Gasteiger partial charge in [0.1, 0.15) is 6.10 Å². The summed E-state index contributed by atoms with van der Waals surface area (Å²) in [6.07, 6.45) is 2.38. The van der Waals surface area contributed by atoms with Gasteiger partial charge in [0, 0.05) is 12.7 Å². The van der Waals surface area contributed by atoms with Gasteiger partial charge in [0.15, 0.2) is 5.82 Å². The second-order valence-corrected chi connectivity index (χ2v) is 6.44. The lowest BCUT2D eigenvalue weighted by molar-refractivity contribution is 0.0919. The number of aromatic nitrogens is 3. The first-order valence-corrected chi connectivity index (χ1v) is 8.61. The fraction of sp³-hybridized carbons (Fsp3) is 0.250. The van der Waals surface area contributed by atoms with E-state index in [0.717, 1.165) is 5.56 Å². The molecule has 0 fully saturated rings. The molecule has 0 aliphatic heterocycles. The van der Waals surface area contributed by atoms with Crippen molar-refractivity contribution in [2.45, 2.75) is 26.5 Å². The highest BCUT2D eigenvalue weighted by molar-refractivity contribution is 6.04. The van der Waals surface area contributed by atoms with E-state index in [4.69, 9.17) is 5.11 Å². The van der Waals surface area contributed by atoms with E-state index in [1.54, 1.807) is 25.5 Å². The molecule has 3 rings (SSSR count). The zero-order valence-corrected chi connectivity index (χ0v) is 15.3. The average Bonchev–Trinajstić information content (AvgIpc) is 3.07. The predicted molar refractivity (Wildman–Crippen MR) is 101 cm³/mol. The lowest BCUT2D eigenvalue weighted by atomic mass is 10.1. The molecule has 3 N–H and O–H groups in total. The number of pyridine rings is 1. The first kappa shape index (κ1) is 18.8. The third-order valence-corrected chi connectivity index (χ3v) is 4.19. The molecule has 0 aliphatic rings. The molecular weight excluding hydrogens is 344 g/mol. The number of aryl methyl sites for hydroxylation is 2. The fourth-order valence-electron chi connectivity index (χ4n) is 2.82. The molecule has 3 aromatic rings. The maximum absolute atomic E-state index is 12.5. The zero-order chi connectivity index (χ0) is 19.4. The van der Waals surface area contributed by atoms with Crippen LogP contribution in [0.15, 0.2) is 48.9 Å². The third-order valence-electron chi connectivity index (χ3n) is 4.19. The highest BCUT2D eigenvalue weighted by Gasteiger charge is 2.15. The molecule has 1 atom stereocenters. The number of rotatable bonds is 6. The SMILES string of the molecule is Cc1cccc(Cn2cnc(NC(=O)c3ccc(C(O)CO)nc3C)c2)c1. The van der Waals surface area contributed by atoms with E-state index in [9.17, 15) is 9.90 Å². The molecule has 140 valence electrons. The number of aliphatic hydroxyl groups is 2. The number of aliphatic hydroxyl groups excluding tert-OH is 2. The van der Waals surface area contributed by atoms with Gasteiger partial charge in [0.05, 0.1) is 29.9 Å². The number of amides is 1. The van der Waals surface area contributed by atoms with Crippen molar-refractivity contribution in [1.29, 1.82) is 0 Å². The highest BCUT2D eigenvalue weighted by atomic mass is 16.3. The molecule has 27 heavy (non-hydrogen) atoms. The number of nitrogens with one attached hydrogen (secondary N) is 1. The van der Waals surface area contributed by atoms with Crippen molar-refractivity contribution in [2.75, 3.05) is 11.9 Å². The maximum atomic E-state index is 12.5. The molecule has 0 spiro atoms. The Morgan fingerprint density at radius 1 is 1.26 bits per heavy atom. The number of hydrogen-bond donors (Lipinski definition) is 3. The minimum Gasteiger partial charge on any atom is -0.393 e. The molecule has 7 nitrogen and oxygen atoms in total. The fourth-order valence-corrected chi connectivity index (χ4v) is 2.82. The van der Waals surface area contributed by atoms with Crippen LogP contribution in [0.4, 0.5) is 5.82 Å². The van der Waals surface area contributed by atoms with Crippen LogP contribution in [0, 0.1) is 13.8 Å². The summed E-state index contributed by atoms with van der Waals surface area (Å²) in [5.74, 6) is 0.123.